The van der Waals surface area contributed by atoms with Gasteiger partial charge in [-0.15, -0.1) is 0 Å². The summed E-state index contributed by atoms with van der Waals surface area (Å²) in [5.41, 5.74) is 0.712. The maximum atomic E-state index is 13.1. The molecule has 0 spiro atoms. The van der Waals surface area contributed by atoms with E-state index in [4.69, 9.17) is 11.6 Å². The number of anilines is 1. The number of nitrogens with one attached hydrogen (secondary N) is 1. The van der Waals surface area contributed by atoms with Crippen molar-refractivity contribution in [2.45, 2.75) is 25.7 Å². The van der Waals surface area contributed by atoms with E-state index in [1.807, 2.05) is 6.07 Å². The summed E-state index contributed by atoms with van der Waals surface area (Å²) < 4.78 is 13.1. The van der Waals surface area contributed by atoms with Crippen LogP contribution in [0.2, 0.25) is 5.02 Å². The topological polar surface area (TPSA) is 12.0 Å². The molecule has 1 fully saturated rings. The molecule has 1 saturated carbocycles. The minimum atomic E-state index is -0.354. The van der Waals surface area contributed by atoms with Crippen LogP contribution in [0.15, 0.2) is 18.2 Å². The Hall–Kier alpha value is -0.760. The third-order valence-corrected chi connectivity index (χ3v) is 3.39. The monoisotopic (exact) mass is 227 g/mol. The molecule has 15 heavy (non-hydrogen) atoms. The van der Waals surface area contributed by atoms with Crippen molar-refractivity contribution >= 4 is 17.3 Å². The molecule has 0 amide bonds. The van der Waals surface area contributed by atoms with Crippen LogP contribution in [0.5, 0.6) is 0 Å². The van der Waals surface area contributed by atoms with Crippen LogP contribution in [0, 0.1) is 11.7 Å². The summed E-state index contributed by atoms with van der Waals surface area (Å²) in [6, 6.07) is 4.88. The highest BCUT2D eigenvalue weighted by Gasteiger charge is 2.15. The van der Waals surface area contributed by atoms with Gasteiger partial charge >= 0.3 is 0 Å². The molecular weight excluding hydrogens is 213 g/mol. The van der Waals surface area contributed by atoms with Crippen molar-refractivity contribution in [3.8, 4) is 0 Å². The van der Waals surface area contributed by atoms with Gasteiger partial charge in [-0.3, -0.25) is 0 Å². The maximum Gasteiger partial charge on any atom is 0.143 e. The molecule has 0 radical (unpaired) electrons. The van der Waals surface area contributed by atoms with E-state index < -0.39 is 0 Å². The summed E-state index contributed by atoms with van der Waals surface area (Å²) >= 11 is 5.84. The first-order valence-electron chi connectivity index (χ1n) is 5.45. The Morgan fingerprint density at radius 3 is 2.80 bits per heavy atom. The average molecular weight is 228 g/mol. The van der Waals surface area contributed by atoms with Crippen LogP contribution in [0.4, 0.5) is 10.1 Å². The average Bonchev–Trinajstić information content (AvgIpc) is 2.73. The minimum absolute atomic E-state index is 0.204. The number of hydrogen-bond acceptors (Lipinski definition) is 1. The van der Waals surface area contributed by atoms with Gasteiger partial charge in [0.1, 0.15) is 5.82 Å². The first-order chi connectivity index (χ1) is 7.27. The van der Waals surface area contributed by atoms with E-state index in [1.54, 1.807) is 6.07 Å². The van der Waals surface area contributed by atoms with Gasteiger partial charge in [0.2, 0.25) is 0 Å². The van der Waals surface area contributed by atoms with Crippen molar-refractivity contribution in [3.63, 3.8) is 0 Å². The van der Waals surface area contributed by atoms with E-state index in [0.717, 1.165) is 12.5 Å². The molecule has 3 heteroatoms. The first kappa shape index (κ1) is 10.7. The normalized spacial score (nSPS) is 16.9. The second kappa shape index (κ2) is 4.84. The summed E-state index contributed by atoms with van der Waals surface area (Å²) in [6.45, 7) is 0.906. The third kappa shape index (κ3) is 2.63. The lowest BCUT2D eigenvalue weighted by Gasteiger charge is -2.12. The second-order valence-electron chi connectivity index (χ2n) is 4.13. The summed E-state index contributed by atoms with van der Waals surface area (Å²) in [6.07, 6.45) is 5.20. The molecule has 1 aliphatic rings. The van der Waals surface area contributed by atoms with Gasteiger partial charge in [0.15, 0.2) is 0 Å². The largest absolute Gasteiger partial charge is 0.383 e. The molecule has 82 valence electrons. The number of benzene rings is 1. The van der Waals surface area contributed by atoms with Crippen LogP contribution in [0.25, 0.3) is 0 Å². The van der Waals surface area contributed by atoms with Gasteiger partial charge < -0.3 is 5.32 Å². The molecule has 1 aromatic carbocycles. The van der Waals surface area contributed by atoms with Crippen molar-refractivity contribution < 1.29 is 4.39 Å². The van der Waals surface area contributed by atoms with Crippen molar-refractivity contribution in [3.05, 3.63) is 29.0 Å². The Morgan fingerprint density at radius 2 is 2.07 bits per heavy atom. The molecule has 0 heterocycles. The molecular formula is C12H15ClFN. The predicted octanol–water partition coefficient (Wildman–Crippen LogP) is 4.08. The minimum Gasteiger partial charge on any atom is -0.383 e. The molecule has 0 bridgehead atoms. The molecule has 0 aromatic heterocycles. The van der Waals surface area contributed by atoms with Gasteiger partial charge in [-0.25, -0.2) is 4.39 Å². The van der Waals surface area contributed by atoms with Crippen molar-refractivity contribution in [2.75, 3.05) is 11.9 Å². The van der Waals surface area contributed by atoms with E-state index in [1.165, 1.54) is 31.7 Å². The number of halogens is 2. The fourth-order valence-electron chi connectivity index (χ4n) is 2.11. The van der Waals surface area contributed by atoms with Crippen molar-refractivity contribution in [1.29, 1.82) is 0 Å². The highest BCUT2D eigenvalue weighted by Crippen LogP contribution is 2.28. The quantitative estimate of drug-likeness (QED) is 0.821. The molecule has 0 saturated heterocycles. The summed E-state index contributed by atoms with van der Waals surface area (Å²) in [7, 11) is 0. The molecule has 0 atom stereocenters. The molecule has 2 rings (SSSR count). The van der Waals surface area contributed by atoms with E-state index in [0.29, 0.717) is 5.69 Å². The molecule has 1 N–H and O–H groups in total. The van der Waals surface area contributed by atoms with Gasteiger partial charge in [0.05, 0.1) is 10.7 Å². The zero-order valence-corrected chi connectivity index (χ0v) is 9.36. The van der Waals surface area contributed by atoms with Crippen LogP contribution in [0.1, 0.15) is 25.7 Å². The van der Waals surface area contributed by atoms with Gasteiger partial charge in [-0.2, -0.15) is 0 Å². The van der Waals surface area contributed by atoms with Crippen molar-refractivity contribution in [1.82, 2.24) is 0 Å². The van der Waals surface area contributed by atoms with Crippen LogP contribution < -0.4 is 5.32 Å². The lowest BCUT2D eigenvalue weighted by molar-refractivity contribution is 0.579. The second-order valence-corrected chi connectivity index (χ2v) is 4.51. The Morgan fingerprint density at radius 1 is 1.33 bits per heavy atom. The van der Waals surface area contributed by atoms with Crippen LogP contribution in [-0.2, 0) is 0 Å². The zero-order chi connectivity index (χ0) is 10.7. The van der Waals surface area contributed by atoms with Gasteiger partial charge in [0, 0.05) is 6.54 Å². The van der Waals surface area contributed by atoms with E-state index in [-0.39, 0.29) is 10.8 Å². The Kier molecular flexibility index (Phi) is 3.47. The molecule has 0 unspecified atom stereocenters. The van der Waals surface area contributed by atoms with E-state index >= 15 is 0 Å². The first-order valence-corrected chi connectivity index (χ1v) is 5.83. The Bertz CT molecular complexity index is 334. The SMILES string of the molecule is Fc1cccc(NCC2CCCC2)c1Cl. The van der Waals surface area contributed by atoms with Crippen LogP contribution in [-0.4, -0.2) is 6.54 Å². The van der Waals surface area contributed by atoms with Gasteiger partial charge in [0.25, 0.3) is 0 Å². The molecule has 1 nitrogen and oxygen atoms in total. The summed E-state index contributed by atoms with van der Waals surface area (Å²) in [4.78, 5) is 0. The number of rotatable bonds is 3. The zero-order valence-electron chi connectivity index (χ0n) is 8.60. The fourth-order valence-corrected chi connectivity index (χ4v) is 2.30. The van der Waals surface area contributed by atoms with Crippen molar-refractivity contribution in [2.24, 2.45) is 5.92 Å². The third-order valence-electron chi connectivity index (χ3n) is 3.01. The lowest BCUT2D eigenvalue weighted by atomic mass is 10.1. The maximum absolute atomic E-state index is 13.1. The van der Waals surface area contributed by atoms with Crippen LogP contribution >= 0.6 is 11.6 Å². The smallest absolute Gasteiger partial charge is 0.143 e. The fraction of sp³-hybridized carbons (Fsp3) is 0.500. The predicted molar refractivity (Wildman–Crippen MR) is 61.9 cm³/mol. The summed E-state index contributed by atoms with van der Waals surface area (Å²) in [5, 5.41) is 3.43. The molecule has 1 aliphatic carbocycles. The van der Waals surface area contributed by atoms with Gasteiger partial charge in [-0.1, -0.05) is 30.5 Å². The summed E-state index contributed by atoms with van der Waals surface area (Å²) in [5.74, 6) is 0.373. The molecule has 1 aromatic rings. The lowest BCUT2D eigenvalue weighted by Crippen LogP contribution is -2.11. The molecule has 0 aliphatic heterocycles. The number of hydrogen-bond donors (Lipinski definition) is 1. The van der Waals surface area contributed by atoms with E-state index in [9.17, 15) is 4.39 Å². The Labute approximate surface area is 94.6 Å². The van der Waals surface area contributed by atoms with E-state index in [2.05, 4.69) is 5.32 Å². The van der Waals surface area contributed by atoms with Crippen LogP contribution in [0.3, 0.4) is 0 Å². The highest BCUT2D eigenvalue weighted by molar-refractivity contribution is 6.33. The standard InChI is InChI=1S/C12H15ClFN/c13-12-10(14)6-3-7-11(12)15-8-9-4-1-2-5-9/h3,6-7,9,15H,1-2,4-5,8H2. The van der Waals surface area contributed by atoms with Gasteiger partial charge in [-0.05, 0) is 30.9 Å². The Balaban J connectivity index is 1.95. The highest BCUT2D eigenvalue weighted by atomic mass is 35.5.